The highest BCUT2D eigenvalue weighted by molar-refractivity contribution is 8.00. The molecule has 0 bridgehead atoms. The SMILES string of the molecule is CC(C)(C)Sc1cc(N)ncn1. The lowest BCUT2D eigenvalue weighted by molar-refractivity contribution is 0.798. The Bertz CT molecular complexity index is 267. The Labute approximate surface area is 76.8 Å². The number of nitrogens with zero attached hydrogens (tertiary/aromatic N) is 2. The normalized spacial score (nSPS) is 11.6. The molecule has 0 saturated carbocycles. The molecular formula is C8H13N3S. The molecule has 0 amide bonds. The third-order valence-electron chi connectivity index (χ3n) is 1.07. The monoisotopic (exact) mass is 183 g/mol. The summed E-state index contributed by atoms with van der Waals surface area (Å²) in [4.78, 5) is 7.92. The molecular weight excluding hydrogens is 170 g/mol. The van der Waals surface area contributed by atoms with Crippen LogP contribution in [0.5, 0.6) is 0 Å². The maximum atomic E-state index is 5.51. The van der Waals surface area contributed by atoms with E-state index in [1.165, 1.54) is 6.33 Å². The van der Waals surface area contributed by atoms with Gasteiger partial charge in [0.25, 0.3) is 0 Å². The van der Waals surface area contributed by atoms with Crippen molar-refractivity contribution in [1.29, 1.82) is 0 Å². The highest BCUT2D eigenvalue weighted by Crippen LogP contribution is 2.30. The summed E-state index contributed by atoms with van der Waals surface area (Å²) in [5, 5.41) is 0.926. The van der Waals surface area contributed by atoms with Crippen molar-refractivity contribution >= 4 is 17.6 Å². The van der Waals surface area contributed by atoms with E-state index in [9.17, 15) is 0 Å². The van der Waals surface area contributed by atoms with Crippen molar-refractivity contribution in [3.63, 3.8) is 0 Å². The van der Waals surface area contributed by atoms with Gasteiger partial charge in [0.05, 0.1) is 0 Å². The van der Waals surface area contributed by atoms with E-state index in [0.717, 1.165) is 5.03 Å². The smallest absolute Gasteiger partial charge is 0.127 e. The van der Waals surface area contributed by atoms with Crippen LogP contribution < -0.4 is 5.73 Å². The number of rotatable bonds is 1. The zero-order valence-corrected chi connectivity index (χ0v) is 8.35. The summed E-state index contributed by atoms with van der Waals surface area (Å²) >= 11 is 1.68. The predicted molar refractivity (Wildman–Crippen MR) is 52.1 cm³/mol. The first-order valence-electron chi connectivity index (χ1n) is 3.74. The van der Waals surface area contributed by atoms with E-state index in [1.54, 1.807) is 17.8 Å². The van der Waals surface area contributed by atoms with Gasteiger partial charge in [0.15, 0.2) is 0 Å². The number of aromatic nitrogens is 2. The number of hydrogen-bond acceptors (Lipinski definition) is 4. The van der Waals surface area contributed by atoms with Crippen LogP contribution in [0.4, 0.5) is 5.82 Å². The molecule has 4 heteroatoms. The van der Waals surface area contributed by atoms with Gasteiger partial charge < -0.3 is 5.73 Å². The molecule has 3 nitrogen and oxygen atoms in total. The van der Waals surface area contributed by atoms with Crippen molar-refractivity contribution in [3.8, 4) is 0 Å². The fourth-order valence-corrected chi connectivity index (χ4v) is 1.63. The van der Waals surface area contributed by atoms with Crippen molar-refractivity contribution in [3.05, 3.63) is 12.4 Å². The second kappa shape index (κ2) is 3.31. The predicted octanol–water partition coefficient (Wildman–Crippen LogP) is 1.95. The van der Waals surface area contributed by atoms with Gasteiger partial charge in [-0.2, -0.15) is 0 Å². The van der Waals surface area contributed by atoms with Gasteiger partial charge in [-0.15, -0.1) is 11.8 Å². The van der Waals surface area contributed by atoms with E-state index in [1.807, 2.05) is 0 Å². The minimum Gasteiger partial charge on any atom is -0.384 e. The highest BCUT2D eigenvalue weighted by atomic mass is 32.2. The van der Waals surface area contributed by atoms with Gasteiger partial charge in [0, 0.05) is 10.8 Å². The van der Waals surface area contributed by atoms with Crippen LogP contribution in [-0.4, -0.2) is 14.7 Å². The molecule has 1 aromatic rings. The number of nitrogens with two attached hydrogens (primary N) is 1. The Morgan fingerprint density at radius 1 is 1.33 bits per heavy atom. The molecule has 0 saturated heterocycles. The van der Waals surface area contributed by atoms with Crippen LogP contribution in [-0.2, 0) is 0 Å². The zero-order chi connectivity index (χ0) is 9.19. The molecule has 0 unspecified atom stereocenters. The van der Waals surface area contributed by atoms with Crippen LogP contribution in [0.1, 0.15) is 20.8 Å². The second-order valence-corrected chi connectivity index (χ2v) is 5.34. The molecule has 66 valence electrons. The average Bonchev–Trinajstić information content (AvgIpc) is 1.82. The molecule has 0 fully saturated rings. The van der Waals surface area contributed by atoms with Crippen LogP contribution in [0.2, 0.25) is 0 Å². The molecule has 1 heterocycles. The van der Waals surface area contributed by atoms with Gasteiger partial charge in [0.2, 0.25) is 0 Å². The lowest BCUT2D eigenvalue weighted by Crippen LogP contribution is -2.07. The maximum Gasteiger partial charge on any atom is 0.127 e. The Hall–Kier alpha value is -0.770. The Kier molecular flexibility index (Phi) is 2.57. The van der Waals surface area contributed by atoms with Crippen LogP contribution >= 0.6 is 11.8 Å². The summed E-state index contributed by atoms with van der Waals surface area (Å²) in [5.74, 6) is 0.525. The summed E-state index contributed by atoms with van der Waals surface area (Å²) in [6, 6.07) is 1.79. The zero-order valence-electron chi connectivity index (χ0n) is 7.53. The fourth-order valence-electron chi connectivity index (χ4n) is 0.723. The van der Waals surface area contributed by atoms with Crippen LogP contribution in [0.3, 0.4) is 0 Å². The van der Waals surface area contributed by atoms with E-state index < -0.39 is 0 Å². The van der Waals surface area contributed by atoms with E-state index >= 15 is 0 Å². The first-order valence-corrected chi connectivity index (χ1v) is 4.55. The van der Waals surface area contributed by atoms with Gasteiger partial charge in [0.1, 0.15) is 17.2 Å². The molecule has 0 aliphatic heterocycles. The highest BCUT2D eigenvalue weighted by Gasteiger charge is 2.12. The van der Waals surface area contributed by atoms with E-state index in [2.05, 4.69) is 30.7 Å². The third kappa shape index (κ3) is 3.09. The van der Waals surface area contributed by atoms with Gasteiger partial charge in [-0.25, -0.2) is 9.97 Å². The van der Waals surface area contributed by atoms with Crippen LogP contribution in [0.25, 0.3) is 0 Å². The van der Waals surface area contributed by atoms with E-state index in [4.69, 9.17) is 5.73 Å². The number of anilines is 1. The summed E-state index contributed by atoms with van der Waals surface area (Å²) in [6.07, 6.45) is 1.49. The van der Waals surface area contributed by atoms with Gasteiger partial charge >= 0.3 is 0 Å². The molecule has 12 heavy (non-hydrogen) atoms. The Morgan fingerprint density at radius 2 is 2.00 bits per heavy atom. The minimum atomic E-state index is 0.167. The molecule has 0 aliphatic carbocycles. The fraction of sp³-hybridized carbons (Fsp3) is 0.500. The number of hydrogen-bond donors (Lipinski definition) is 1. The van der Waals surface area contributed by atoms with Gasteiger partial charge in [-0.1, -0.05) is 20.8 Å². The Balaban J connectivity index is 2.77. The Morgan fingerprint density at radius 3 is 2.50 bits per heavy atom. The van der Waals surface area contributed by atoms with Crippen LogP contribution in [0, 0.1) is 0 Å². The van der Waals surface area contributed by atoms with Crippen molar-refractivity contribution in [2.45, 2.75) is 30.5 Å². The van der Waals surface area contributed by atoms with E-state index in [0.29, 0.717) is 5.82 Å². The average molecular weight is 183 g/mol. The third-order valence-corrected chi connectivity index (χ3v) is 2.12. The largest absolute Gasteiger partial charge is 0.384 e. The molecule has 0 spiro atoms. The number of thioether (sulfide) groups is 1. The standard InChI is InChI=1S/C8H13N3S/c1-8(2,3)12-7-4-6(9)10-5-11-7/h4-5H,1-3H3,(H2,9,10,11). The number of nitrogen functional groups attached to an aromatic ring is 1. The first kappa shape index (κ1) is 9.32. The molecule has 1 rings (SSSR count). The molecule has 0 atom stereocenters. The van der Waals surface area contributed by atoms with Crippen molar-refractivity contribution in [2.24, 2.45) is 0 Å². The topological polar surface area (TPSA) is 51.8 Å². The lowest BCUT2D eigenvalue weighted by Gasteiger charge is -2.16. The summed E-state index contributed by atoms with van der Waals surface area (Å²) < 4.78 is 0.167. The quantitative estimate of drug-likeness (QED) is 0.534. The molecule has 0 radical (unpaired) electrons. The maximum absolute atomic E-state index is 5.51. The van der Waals surface area contributed by atoms with Crippen molar-refractivity contribution in [1.82, 2.24) is 9.97 Å². The van der Waals surface area contributed by atoms with Crippen molar-refractivity contribution < 1.29 is 0 Å². The first-order chi connectivity index (χ1) is 5.47. The molecule has 1 aromatic heterocycles. The lowest BCUT2D eigenvalue weighted by atomic mass is 10.3. The summed E-state index contributed by atoms with van der Waals surface area (Å²) in [5.41, 5.74) is 5.51. The summed E-state index contributed by atoms with van der Waals surface area (Å²) in [6.45, 7) is 6.40. The summed E-state index contributed by atoms with van der Waals surface area (Å²) in [7, 11) is 0. The minimum absolute atomic E-state index is 0.167. The van der Waals surface area contributed by atoms with E-state index in [-0.39, 0.29) is 4.75 Å². The molecule has 2 N–H and O–H groups in total. The van der Waals surface area contributed by atoms with Crippen LogP contribution in [0.15, 0.2) is 17.4 Å². The van der Waals surface area contributed by atoms with Gasteiger partial charge in [-0.3, -0.25) is 0 Å². The molecule has 0 aliphatic rings. The van der Waals surface area contributed by atoms with Crippen molar-refractivity contribution in [2.75, 3.05) is 5.73 Å². The second-order valence-electron chi connectivity index (χ2n) is 3.50. The van der Waals surface area contributed by atoms with Gasteiger partial charge in [-0.05, 0) is 0 Å². The molecule has 0 aromatic carbocycles.